The molecule has 0 amide bonds. The smallest absolute Gasteiger partial charge is 0.137 e. The lowest BCUT2D eigenvalue weighted by Gasteiger charge is -2.28. The highest BCUT2D eigenvalue weighted by molar-refractivity contribution is 6.15. The van der Waals surface area contributed by atoms with Gasteiger partial charge in [0.25, 0.3) is 0 Å². The van der Waals surface area contributed by atoms with Crippen molar-refractivity contribution in [1.82, 2.24) is 4.57 Å². The lowest BCUT2D eigenvalue weighted by molar-refractivity contribution is 0.660. The Morgan fingerprint density at radius 2 is 1.07 bits per heavy atom. The summed E-state index contributed by atoms with van der Waals surface area (Å²) >= 11 is 0. The van der Waals surface area contributed by atoms with Crippen molar-refractivity contribution in [3.05, 3.63) is 193 Å². The average Bonchev–Trinajstić information content (AvgIpc) is 3.84. The third-order valence-electron chi connectivity index (χ3n) is 11.6. The second kappa shape index (κ2) is 11.6. The Morgan fingerprint density at radius 3 is 1.94 bits per heavy atom. The first-order chi connectivity index (χ1) is 26.5. The first-order valence-corrected chi connectivity index (χ1v) is 18.7. The van der Waals surface area contributed by atoms with E-state index in [2.05, 4.69) is 199 Å². The van der Waals surface area contributed by atoms with E-state index < -0.39 is 0 Å². The van der Waals surface area contributed by atoms with Gasteiger partial charge in [-0.05, 0) is 94.0 Å². The molecule has 256 valence electrons. The van der Waals surface area contributed by atoms with E-state index >= 15 is 0 Å². The van der Waals surface area contributed by atoms with Crippen LogP contribution in [0.15, 0.2) is 186 Å². The van der Waals surface area contributed by atoms with Crippen LogP contribution in [0.25, 0.3) is 71.7 Å². The molecule has 3 heteroatoms. The lowest BCUT2D eigenvalue weighted by atomic mass is 9.82. The molecule has 1 aliphatic carbocycles. The first kappa shape index (κ1) is 30.8. The highest BCUT2D eigenvalue weighted by atomic mass is 16.3. The normalized spacial score (nSPS) is 13.1. The van der Waals surface area contributed by atoms with Crippen molar-refractivity contribution < 1.29 is 4.42 Å². The van der Waals surface area contributed by atoms with Crippen LogP contribution in [0.1, 0.15) is 25.0 Å². The molecule has 0 saturated carbocycles. The largest absolute Gasteiger partial charge is 0.456 e. The van der Waals surface area contributed by atoms with Crippen LogP contribution in [-0.2, 0) is 5.41 Å². The minimum atomic E-state index is -0.118. The van der Waals surface area contributed by atoms with Gasteiger partial charge in [-0.15, -0.1) is 0 Å². The van der Waals surface area contributed by atoms with Crippen LogP contribution in [0.5, 0.6) is 0 Å². The standard InChI is InChI=1S/C51H36N2O/c1-51(2)43-18-9-6-15-38(43)39-29-27-36(31-44(39)51)52(35-25-23-34(24-26-35)33-13-4-3-5-14-33)37-28-30-41-40-16-7-10-19-45(40)53(47(41)32-37)46-20-12-22-49-50(46)42-17-8-11-21-48(42)54-49/h3-32H,1-2H3. The molecular formula is C51H36N2O. The second-order valence-electron chi connectivity index (χ2n) is 15.0. The summed E-state index contributed by atoms with van der Waals surface area (Å²) in [6.45, 7) is 4.70. The van der Waals surface area contributed by atoms with E-state index in [-0.39, 0.29) is 5.41 Å². The van der Waals surface area contributed by atoms with Gasteiger partial charge in [0, 0.05) is 38.6 Å². The fourth-order valence-electron chi connectivity index (χ4n) is 9.01. The molecule has 0 unspecified atom stereocenters. The van der Waals surface area contributed by atoms with Crippen LogP contribution in [0.3, 0.4) is 0 Å². The Morgan fingerprint density at radius 1 is 0.444 bits per heavy atom. The fourth-order valence-corrected chi connectivity index (χ4v) is 9.01. The molecule has 11 rings (SSSR count). The number of nitrogens with zero attached hydrogens (tertiary/aromatic N) is 2. The summed E-state index contributed by atoms with van der Waals surface area (Å²) in [5.41, 5.74) is 16.2. The van der Waals surface area contributed by atoms with Crippen molar-refractivity contribution in [3.63, 3.8) is 0 Å². The quantitative estimate of drug-likeness (QED) is 0.179. The summed E-state index contributed by atoms with van der Waals surface area (Å²) in [5, 5.41) is 4.67. The SMILES string of the molecule is CC1(C)c2ccccc2-c2ccc(N(c3ccc(-c4ccccc4)cc3)c3ccc4c5ccccc5n(-c5cccc6oc7ccccc7c56)c4c3)cc21. The monoisotopic (exact) mass is 692 g/mol. The van der Waals surface area contributed by atoms with Gasteiger partial charge in [-0.2, -0.15) is 0 Å². The van der Waals surface area contributed by atoms with Gasteiger partial charge in [-0.1, -0.05) is 135 Å². The van der Waals surface area contributed by atoms with Crippen LogP contribution in [-0.4, -0.2) is 4.57 Å². The van der Waals surface area contributed by atoms with E-state index in [0.717, 1.165) is 50.2 Å². The Hall–Kier alpha value is -6.84. The number of hydrogen-bond acceptors (Lipinski definition) is 2. The number of rotatable bonds is 5. The van der Waals surface area contributed by atoms with Crippen LogP contribution in [0, 0.1) is 0 Å². The Labute approximate surface area is 314 Å². The Balaban J connectivity index is 1.16. The molecule has 2 heterocycles. The van der Waals surface area contributed by atoms with Gasteiger partial charge < -0.3 is 13.9 Å². The third-order valence-corrected chi connectivity index (χ3v) is 11.6. The molecular weight excluding hydrogens is 657 g/mol. The van der Waals surface area contributed by atoms with Gasteiger partial charge in [0.1, 0.15) is 11.2 Å². The zero-order valence-electron chi connectivity index (χ0n) is 30.1. The van der Waals surface area contributed by atoms with Crippen LogP contribution >= 0.6 is 0 Å². The van der Waals surface area contributed by atoms with Crippen molar-refractivity contribution in [2.24, 2.45) is 0 Å². The Bertz CT molecular complexity index is 3070. The molecule has 0 bridgehead atoms. The molecule has 0 spiro atoms. The highest BCUT2D eigenvalue weighted by Crippen LogP contribution is 2.51. The van der Waals surface area contributed by atoms with E-state index in [1.807, 2.05) is 6.07 Å². The number of anilines is 3. The van der Waals surface area contributed by atoms with Gasteiger partial charge in [-0.25, -0.2) is 0 Å². The first-order valence-electron chi connectivity index (χ1n) is 18.7. The van der Waals surface area contributed by atoms with Gasteiger partial charge in [-0.3, -0.25) is 0 Å². The van der Waals surface area contributed by atoms with E-state index in [1.165, 1.54) is 49.7 Å². The maximum absolute atomic E-state index is 6.39. The zero-order chi connectivity index (χ0) is 36.0. The molecule has 0 fully saturated rings. The Kier molecular flexibility index (Phi) is 6.60. The highest BCUT2D eigenvalue weighted by Gasteiger charge is 2.35. The number of para-hydroxylation sites is 2. The van der Waals surface area contributed by atoms with Crippen molar-refractivity contribution in [3.8, 4) is 27.9 Å². The van der Waals surface area contributed by atoms with Crippen molar-refractivity contribution in [2.45, 2.75) is 19.3 Å². The molecule has 2 aromatic heterocycles. The molecule has 0 N–H and O–H groups in total. The number of hydrogen-bond donors (Lipinski definition) is 0. The minimum Gasteiger partial charge on any atom is -0.456 e. The maximum atomic E-state index is 6.39. The fraction of sp³-hybridized carbons (Fsp3) is 0.0588. The van der Waals surface area contributed by atoms with E-state index in [4.69, 9.17) is 4.42 Å². The lowest BCUT2D eigenvalue weighted by Crippen LogP contribution is -2.16. The zero-order valence-corrected chi connectivity index (χ0v) is 30.1. The van der Waals surface area contributed by atoms with E-state index in [0.29, 0.717) is 0 Å². The van der Waals surface area contributed by atoms with Crippen molar-refractivity contribution >= 4 is 60.8 Å². The summed E-state index contributed by atoms with van der Waals surface area (Å²) in [7, 11) is 0. The van der Waals surface area contributed by atoms with Gasteiger partial charge in [0.2, 0.25) is 0 Å². The van der Waals surface area contributed by atoms with Crippen molar-refractivity contribution in [2.75, 3.05) is 4.90 Å². The molecule has 10 aromatic rings. The van der Waals surface area contributed by atoms with E-state index in [1.54, 1.807) is 0 Å². The van der Waals surface area contributed by atoms with Crippen LogP contribution in [0.2, 0.25) is 0 Å². The van der Waals surface area contributed by atoms with Crippen LogP contribution < -0.4 is 4.90 Å². The number of furan rings is 1. The number of aromatic nitrogens is 1. The molecule has 8 aromatic carbocycles. The summed E-state index contributed by atoms with van der Waals surface area (Å²) in [6.07, 6.45) is 0. The van der Waals surface area contributed by atoms with Crippen molar-refractivity contribution in [1.29, 1.82) is 0 Å². The summed E-state index contributed by atoms with van der Waals surface area (Å²) in [5.74, 6) is 0. The van der Waals surface area contributed by atoms with Crippen LogP contribution in [0.4, 0.5) is 17.1 Å². The molecule has 3 nitrogen and oxygen atoms in total. The summed E-state index contributed by atoms with van der Waals surface area (Å²) in [6, 6.07) is 66.0. The third kappa shape index (κ3) is 4.48. The summed E-state index contributed by atoms with van der Waals surface area (Å²) in [4.78, 5) is 2.42. The predicted octanol–water partition coefficient (Wildman–Crippen LogP) is 14.1. The topological polar surface area (TPSA) is 21.3 Å². The van der Waals surface area contributed by atoms with Gasteiger partial charge in [0.15, 0.2) is 0 Å². The van der Waals surface area contributed by atoms with Gasteiger partial charge >= 0.3 is 0 Å². The molecule has 0 saturated heterocycles. The summed E-state index contributed by atoms with van der Waals surface area (Å²) < 4.78 is 8.82. The molecule has 0 aliphatic heterocycles. The molecule has 54 heavy (non-hydrogen) atoms. The predicted molar refractivity (Wildman–Crippen MR) is 226 cm³/mol. The van der Waals surface area contributed by atoms with Gasteiger partial charge in [0.05, 0.1) is 22.1 Å². The van der Waals surface area contributed by atoms with E-state index in [9.17, 15) is 0 Å². The minimum absolute atomic E-state index is 0.118. The maximum Gasteiger partial charge on any atom is 0.137 e. The molecule has 0 atom stereocenters. The second-order valence-corrected chi connectivity index (χ2v) is 15.0. The number of fused-ring (bicyclic) bond motifs is 9. The number of benzene rings is 8. The molecule has 0 radical (unpaired) electrons. The molecule has 1 aliphatic rings. The average molecular weight is 693 g/mol.